The van der Waals surface area contributed by atoms with E-state index in [1.54, 1.807) is 41.2 Å². The monoisotopic (exact) mass is 427 g/mol. The van der Waals surface area contributed by atoms with Crippen LogP contribution in [-0.2, 0) is 11.3 Å². The Morgan fingerprint density at radius 1 is 0.969 bits per heavy atom. The van der Waals surface area contributed by atoms with E-state index in [1.165, 1.54) is 17.7 Å². The first-order valence-corrected chi connectivity index (χ1v) is 10.6. The molecule has 4 aromatic rings. The van der Waals surface area contributed by atoms with Gasteiger partial charge in [0.05, 0.1) is 19.3 Å². The zero-order valence-electron chi connectivity index (χ0n) is 18.0. The lowest BCUT2D eigenvalue weighted by molar-refractivity contribution is -0.116. The van der Waals surface area contributed by atoms with Gasteiger partial charge in [-0.15, -0.1) is 0 Å². The molecule has 0 unspecified atom stereocenters. The molecule has 0 fully saturated rings. The largest absolute Gasteiger partial charge is 0.494 e. The van der Waals surface area contributed by atoms with Gasteiger partial charge in [-0.25, -0.2) is 4.68 Å². The summed E-state index contributed by atoms with van der Waals surface area (Å²) in [6.45, 7) is 2.52. The van der Waals surface area contributed by atoms with Crippen molar-refractivity contribution in [3.05, 3.63) is 90.1 Å². The van der Waals surface area contributed by atoms with E-state index in [1.807, 2.05) is 18.2 Å². The highest BCUT2D eigenvalue weighted by atomic mass is 16.5. The molecule has 0 radical (unpaired) electrons. The minimum Gasteiger partial charge on any atom is -0.494 e. The minimum absolute atomic E-state index is 0.0212. The Balaban J connectivity index is 1.29. The van der Waals surface area contributed by atoms with Crippen molar-refractivity contribution in [2.24, 2.45) is 0 Å². The maximum atomic E-state index is 12.4. The molecule has 0 spiro atoms. The Morgan fingerprint density at radius 3 is 2.56 bits per heavy atom. The first-order valence-electron chi connectivity index (χ1n) is 10.6. The van der Waals surface area contributed by atoms with Crippen LogP contribution in [0, 0.1) is 0 Å². The van der Waals surface area contributed by atoms with E-state index in [9.17, 15) is 9.59 Å². The molecule has 0 aliphatic rings. The molecule has 6 nitrogen and oxygen atoms in total. The van der Waals surface area contributed by atoms with Crippen LogP contribution in [0.1, 0.15) is 35.7 Å². The van der Waals surface area contributed by atoms with Gasteiger partial charge in [0.2, 0.25) is 5.91 Å². The Hall–Kier alpha value is -3.93. The standard InChI is InChI=1S/C26H25N3O3/c1-19(30)20-11-13-23(14-12-20)32-17-5-10-26(31)28-25-15-16-27-29(25)18-22-8-4-7-21-6-2-3-9-24(21)22/h2-4,6-9,11-16H,5,10,17-18H2,1H3,(H,28,31). The molecule has 1 heterocycles. The highest BCUT2D eigenvalue weighted by Gasteiger charge is 2.09. The van der Waals surface area contributed by atoms with Gasteiger partial charge in [-0.05, 0) is 53.9 Å². The molecule has 0 aliphatic heterocycles. The van der Waals surface area contributed by atoms with Gasteiger partial charge < -0.3 is 10.1 Å². The predicted molar refractivity (Wildman–Crippen MR) is 125 cm³/mol. The van der Waals surface area contributed by atoms with Crippen LogP contribution in [0.25, 0.3) is 10.8 Å². The van der Waals surface area contributed by atoms with Crippen LogP contribution in [0.2, 0.25) is 0 Å². The second kappa shape index (κ2) is 9.92. The van der Waals surface area contributed by atoms with E-state index in [2.05, 4.69) is 34.7 Å². The maximum Gasteiger partial charge on any atom is 0.225 e. The van der Waals surface area contributed by atoms with Crippen LogP contribution < -0.4 is 10.1 Å². The van der Waals surface area contributed by atoms with Crippen molar-refractivity contribution in [2.75, 3.05) is 11.9 Å². The molecule has 1 aromatic heterocycles. The summed E-state index contributed by atoms with van der Waals surface area (Å²) in [5, 5.41) is 9.68. The highest BCUT2D eigenvalue weighted by molar-refractivity contribution is 5.94. The van der Waals surface area contributed by atoms with Crippen LogP contribution in [0.5, 0.6) is 5.75 Å². The molecule has 0 saturated heterocycles. The first kappa shape index (κ1) is 21.3. The predicted octanol–water partition coefficient (Wildman–Crippen LogP) is 5.08. The zero-order valence-corrected chi connectivity index (χ0v) is 18.0. The van der Waals surface area contributed by atoms with E-state index in [-0.39, 0.29) is 11.7 Å². The van der Waals surface area contributed by atoms with E-state index < -0.39 is 0 Å². The molecule has 1 amide bonds. The fourth-order valence-corrected chi connectivity index (χ4v) is 3.57. The lowest BCUT2D eigenvalue weighted by Gasteiger charge is -2.11. The number of hydrogen-bond donors (Lipinski definition) is 1. The van der Waals surface area contributed by atoms with Crippen molar-refractivity contribution in [1.29, 1.82) is 0 Å². The zero-order chi connectivity index (χ0) is 22.3. The summed E-state index contributed by atoms with van der Waals surface area (Å²) < 4.78 is 7.46. The molecule has 162 valence electrons. The summed E-state index contributed by atoms with van der Waals surface area (Å²) in [6.07, 6.45) is 2.61. The van der Waals surface area contributed by atoms with Gasteiger partial charge in [0, 0.05) is 18.1 Å². The van der Waals surface area contributed by atoms with Crippen LogP contribution in [0.3, 0.4) is 0 Å². The second-order valence-electron chi connectivity index (χ2n) is 7.59. The SMILES string of the molecule is CC(=O)c1ccc(OCCCC(=O)Nc2ccnn2Cc2cccc3ccccc23)cc1. The average Bonchev–Trinajstić information content (AvgIpc) is 3.23. The van der Waals surface area contributed by atoms with E-state index in [4.69, 9.17) is 4.74 Å². The number of nitrogens with one attached hydrogen (secondary N) is 1. The molecule has 1 N–H and O–H groups in total. The van der Waals surface area contributed by atoms with Gasteiger partial charge in [0.1, 0.15) is 11.6 Å². The number of aromatic nitrogens is 2. The Morgan fingerprint density at radius 2 is 1.75 bits per heavy atom. The summed E-state index contributed by atoms with van der Waals surface area (Å²) in [4.78, 5) is 23.7. The number of rotatable bonds is 9. The summed E-state index contributed by atoms with van der Waals surface area (Å²) in [6, 6.07) is 23.2. The molecule has 0 aliphatic carbocycles. The third-order valence-corrected chi connectivity index (χ3v) is 5.26. The van der Waals surface area contributed by atoms with Gasteiger partial charge in [0.15, 0.2) is 5.78 Å². The van der Waals surface area contributed by atoms with Gasteiger partial charge in [0.25, 0.3) is 0 Å². The number of amides is 1. The number of carbonyl (C=O) groups excluding carboxylic acids is 2. The molecule has 4 rings (SSSR count). The molecule has 32 heavy (non-hydrogen) atoms. The van der Waals surface area contributed by atoms with Gasteiger partial charge >= 0.3 is 0 Å². The van der Waals surface area contributed by atoms with Crippen LogP contribution in [-0.4, -0.2) is 28.1 Å². The highest BCUT2D eigenvalue weighted by Crippen LogP contribution is 2.21. The number of benzene rings is 3. The second-order valence-corrected chi connectivity index (χ2v) is 7.59. The quantitative estimate of drug-likeness (QED) is 0.298. The number of carbonyl (C=O) groups is 2. The maximum absolute atomic E-state index is 12.4. The lowest BCUT2D eigenvalue weighted by atomic mass is 10.0. The number of ether oxygens (including phenoxy) is 1. The Bertz CT molecular complexity index is 1220. The molecular weight excluding hydrogens is 402 g/mol. The normalized spacial score (nSPS) is 10.8. The Labute approximate surface area is 186 Å². The first-order chi connectivity index (χ1) is 15.6. The fraction of sp³-hybridized carbons (Fsp3) is 0.192. The molecule has 0 bridgehead atoms. The third kappa shape index (κ3) is 5.21. The topological polar surface area (TPSA) is 73.2 Å². The Kier molecular flexibility index (Phi) is 6.60. The summed E-state index contributed by atoms with van der Waals surface area (Å²) >= 11 is 0. The summed E-state index contributed by atoms with van der Waals surface area (Å²) in [7, 11) is 0. The summed E-state index contributed by atoms with van der Waals surface area (Å²) in [5.41, 5.74) is 1.79. The van der Waals surface area contributed by atoms with E-state index in [0.717, 1.165) is 5.56 Å². The number of fused-ring (bicyclic) bond motifs is 1. The number of ketones is 1. The van der Waals surface area contributed by atoms with Crippen molar-refractivity contribution >= 4 is 28.3 Å². The molecule has 0 atom stereocenters. The van der Waals surface area contributed by atoms with Crippen molar-refractivity contribution in [3.63, 3.8) is 0 Å². The van der Waals surface area contributed by atoms with Crippen molar-refractivity contribution in [2.45, 2.75) is 26.3 Å². The van der Waals surface area contributed by atoms with Gasteiger partial charge in [-0.1, -0.05) is 42.5 Å². The summed E-state index contributed by atoms with van der Waals surface area (Å²) in [5.74, 6) is 1.29. The van der Waals surface area contributed by atoms with Crippen molar-refractivity contribution in [3.8, 4) is 5.75 Å². The average molecular weight is 428 g/mol. The van der Waals surface area contributed by atoms with Crippen LogP contribution in [0.4, 0.5) is 5.82 Å². The third-order valence-electron chi connectivity index (χ3n) is 5.26. The molecule has 6 heteroatoms. The molecule has 3 aromatic carbocycles. The number of hydrogen-bond acceptors (Lipinski definition) is 4. The molecular formula is C26H25N3O3. The van der Waals surface area contributed by atoms with E-state index in [0.29, 0.717) is 43.1 Å². The number of Topliss-reactive ketones (excluding diaryl/α,β-unsaturated/α-hetero) is 1. The van der Waals surface area contributed by atoms with Gasteiger partial charge in [-0.2, -0.15) is 5.10 Å². The number of anilines is 1. The fourth-order valence-electron chi connectivity index (χ4n) is 3.57. The minimum atomic E-state index is -0.0832. The van der Waals surface area contributed by atoms with E-state index >= 15 is 0 Å². The number of nitrogens with zero attached hydrogens (tertiary/aromatic N) is 2. The van der Waals surface area contributed by atoms with Crippen molar-refractivity contribution in [1.82, 2.24) is 9.78 Å². The van der Waals surface area contributed by atoms with Crippen LogP contribution >= 0.6 is 0 Å². The molecule has 0 saturated carbocycles. The van der Waals surface area contributed by atoms with Crippen molar-refractivity contribution < 1.29 is 14.3 Å². The van der Waals surface area contributed by atoms with Crippen LogP contribution in [0.15, 0.2) is 79.0 Å². The lowest BCUT2D eigenvalue weighted by Crippen LogP contribution is -2.16. The van der Waals surface area contributed by atoms with Gasteiger partial charge in [-0.3, -0.25) is 9.59 Å². The smallest absolute Gasteiger partial charge is 0.225 e.